The van der Waals surface area contributed by atoms with Crippen molar-refractivity contribution in [3.63, 3.8) is 0 Å². The lowest BCUT2D eigenvalue weighted by atomic mass is 10.0. The second-order valence-electron chi connectivity index (χ2n) is 6.74. The highest BCUT2D eigenvalue weighted by atomic mass is 16.6. The van der Waals surface area contributed by atoms with Gasteiger partial charge in [0.1, 0.15) is 11.7 Å². The zero-order chi connectivity index (χ0) is 19.1. The summed E-state index contributed by atoms with van der Waals surface area (Å²) < 4.78 is 10.8. The number of carbonyl (C=O) groups excluding carboxylic acids is 1. The average Bonchev–Trinajstić information content (AvgIpc) is 3.26. The Morgan fingerprint density at radius 3 is 2.89 bits per heavy atom. The molecule has 2 aliphatic heterocycles. The Balaban J connectivity index is 1.80. The van der Waals surface area contributed by atoms with E-state index in [1.165, 1.54) is 0 Å². The minimum atomic E-state index is -0.401. The molecule has 1 aromatic carbocycles. The van der Waals surface area contributed by atoms with Gasteiger partial charge in [-0.2, -0.15) is 4.98 Å². The van der Waals surface area contributed by atoms with E-state index in [2.05, 4.69) is 15.5 Å². The fourth-order valence-corrected chi connectivity index (χ4v) is 3.70. The first kappa shape index (κ1) is 17.4. The standard InChI is InChI=1S/C17H19N5O5/c1-9-18-17(27-20-9)15-6-11(26-2)8-21(15)13-7-12-10(3-4-16(23)19-12)5-14(13)22(24)25/h5,7,11,15H,3-4,6,8H2,1-2H3,(H,19,23). The Bertz CT molecular complexity index is 911. The summed E-state index contributed by atoms with van der Waals surface area (Å²) in [5, 5.41) is 18.4. The van der Waals surface area contributed by atoms with Crippen molar-refractivity contribution in [2.75, 3.05) is 23.9 Å². The molecule has 1 saturated heterocycles. The zero-order valence-corrected chi connectivity index (χ0v) is 15.0. The number of fused-ring (bicyclic) bond motifs is 1. The van der Waals surface area contributed by atoms with Gasteiger partial charge in [0, 0.05) is 38.2 Å². The highest BCUT2D eigenvalue weighted by Crippen LogP contribution is 2.43. The first-order chi connectivity index (χ1) is 13.0. The van der Waals surface area contributed by atoms with Crippen molar-refractivity contribution in [2.24, 2.45) is 0 Å². The van der Waals surface area contributed by atoms with Gasteiger partial charge < -0.3 is 19.5 Å². The summed E-state index contributed by atoms with van der Waals surface area (Å²) in [5.41, 5.74) is 1.76. The normalized spacial score (nSPS) is 21.9. The predicted octanol–water partition coefficient (Wildman–Crippen LogP) is 2.14. The molecular formula is C17H19N5O5. The van der Waals surface area contributed by atoms with E-state index in [1.807, 2.05) is 4.90 Å². The Morgan fingerprint density at radius 2 is 2.22 bits per heavy atom. The molecule has 1 amide bonds. The van der Waals surface area contributed by atoms with Crippen LogP contribution >= 0.6 is 0 Å². The van der Waals surface area contributed by atoms with Crippen LogP contribution in [0.1, 0.15) is 36.2 Å². The van der Waals surface area contributed by atoms with Gasteiger partial charge in [0.2, 0.25) is 11.8 Å². The molecule has 2 atom stereocenters. The molecule has 10 heteroatoms. The second kappa shape index (κ2) is 6.62. The molecule has 1 aromatic heterocycles. The number of hydrogen-bond donors (Lipinski definition) is 1. The largest absolute Gasteiger partial charge is 0.380 e. The first-order valence-electron chi connectivity index (χ1n) is 8.67. The van der Waals surface area contributed by atoms with E-state index in [4.69, 9.17) is 9.26 Å². The summed E-state index contributed by atoms with van der Waals surface area (Å²) in [6, 6.07) is 2.87. The average molecular weight is 373 g/mol. The van der Waals surface area contributed by atoms with Gasteiger partial charge in [0.05, 0.1) is 11.0 Å². The van der Waals surface area contributed by atoms with Crippen LogP contribution < -0.4 is 10.2 Å². The molecule has 2 aliphatic rings. The van der Waals surface area contributed by atoms with Gasteiger partial charge in [0.15, 0.2) is 5.82 Å². The number of nitro groups is 1. The topological polar surface area (TPSA) is 124 Å². The highest BCUT2D eigenvalue weighted by Gasteiger charge is 2.40. The molecule has 0 saturated carbocycles. The molecule has 1 fully saturated rings. The van der Waals surface area contributed by atoms with Gasteiger partial charge in [-0.3, -0.25) is 14.9 Å². The summed E-state index contributed by atoms with van der Waals surface area (Å²) in [4.78, 5) is 29.2. The number of nitrogens with one attached hydrogen (secondary N) is 1. The maximum atomic E-state index is 11.8. The summed E-state index contributed by atoms with van der Waals surface area (Å²) in [7, 11) is 1.60. The molecule has 4 rings (SSSR count). The molecule has 2 unspecified atom stereocenters. The SMILES string of the molecule is COC1CC(c2nc(C)no2)N(c2cc3c(cc2[N+](=O)[O-])CCC(=O)N3)C1. The lowest BCUT2D eigenvalue weighted by Gasteiger charge is -2.26. The summed E-state index contributed by atoms with van der Waals surface area (Å²) in [5.74, 6) is 0.795. The molecule has 0 radical (unpaired) electrons. The molecular weight excluding hydrogens is 354 g/mol. The third-order valence-corrected chi connectivity index (χ3v) is 5.03. The maximum Gasteiger partial charge on any atom is 0.292 e. The van der Waals surface area contributed by atoms with Gasteiger partial charge >= 0.3 is 0 Å². The van der Waals surface area contributed by atoms with Crippen molar-refractivity contribution in [3.8, 4) is 0 Å². The number of anilines is 2. The van der Waals surface area contributed by atoms with Crippen LogP contribution in [0, 0.1) is 17.0 Å². The molecule has 2 aromatic rings. The van der Waals surface area contributed by atoms with Crippen molar-refractivity contribution in [1.82, 2.24) is 10.1 Å². The smallest absolute Gasteiger partial charge is 0.292 e. The Kier molecular flexibility index (Phi) is 4.27. The van der Waals surface area contributed by atoms with Crippen LogP contribution in [-0.4, -0.2) is 40.7 Å². The minimum Gasteiger partial charge on any atom is -0.380 e. The fourth-order valence-electron chi connectivity index (χ4n) is 3.70. The van der Waals surface area contributed by atoms with E-state index in [-0.39, 0.29) is 23.7 Å². The number of aromatic nitrogens is 2. The molecule has 0 aliphatic carbocycles. The third kappa shape index (κ3) is 3.12. The van der Waals surface area contributed by atoms with Crippen LogP contribution in [0.15, 0.2) is 16.7 Å². The summed E-state index contributed by atoms with van der Waals surface area (Å²) in [6.07, 6.45) is 1.24. The van der Waals surface area contributed by atoms with Crippen LogP contribution in [0.3, 0.4) is 0 Å². The number of nitrogens with zero attached hydrogens (tertiary/aromatic N) is 4. The van der Waals surface area contributed by atoms with Crippen LogP contribution in [-0.2, 0) is 16.0 Å². The first-order valence-corrected chi connectivity index (χ1v) is 8.67. The molecule has 0 spiro atoms. The molecule has 142 valence electrons. The lowest BCUT2D eigenvalue weighted by molar-refractivity contribution is -0.384. The molecule has 1 N–H and O–H groups in total. The number of methoxy groups -OCH3 is 1. The van der Waals surface area contributed by atoms with Gasteiger partial charge in [-0.05, 0) is 25.0 Å². The van der Waals surface area contributed by atoms with Crippen LogP contribution in [0.2, 0.25) is 0 Å². The molecule has 3 heterocycles. The molecule has 10 nitrogen and oxygen atoms in total. The van der Waals surface area contributed by atoms with Crippen LogP contribution in [0.25, 0.3) is 0 Å². The van der Waals surface area contributed by atoms with E-state index in [1.54, 1.807) is 26.2 Å². The minimum absolute atomic E-state index is 0.0112. The van der Waals surface area contributed by atoms with Gasteiger partial charge in [-0.1, -0.05) is 5.16 Å². The summed E-state index contributed by atoms with van der Waals surface area (Å²) >= 11 is 0. The van der Waals surface area contributed by atoms with E-state index < -0.39 is 4.92 Å². The van der Waals surface area contributed by atoms with E-state index in [0.29, 0.717) is 48.9 Å². The maximum absolute atomic E-state index is 11.8. The number of nitro benzene ring substituents is 1. The Hall–Kier alpha value is -3.01. The monoisotopic (exact) mass is 373 g/mol. The van der Waals surface area contributed by atoms with E-state index in [0.717, 1.165) is 5.56 Å². The van der Waals surface area contributed by atoms with Crippen molar-refractivity contribution in [2.45, 2.75) is 38.3 Å². The quantitative estimate of drug-likeness (QED) is 0.638. The number of rotatable bonds is 4. The van der Waals surface area contributed by atoms with E-state index in [9.17, 15) is 14.9 Å². The fraction of sp³-hybridized carbons (Fsp3) is 0.471. The number of amides is 1. The number of aryl methyl sites for hydroxylation is 2. The Labute approximate surface area is 154 Å². The van der Waals surface area contributed by atoms with Crippen molar-refractivity contribution in [3.05, 3.63) is 39.5 Å². The number of benzene rings is 1. The number of ether oxygens (including phenoxy) is 1. The van der Waals surface area contributed by atoms with Gasteiger partial charge in [0.25, 0.3) is 5.69 Å². The van der Waals surface area contributed by atoms with Crippen LogP contribution in [0.5, 0.6) is 0 Å². The van der Waals surface area contributed by atoms with E-state index >= 15 is 0 Å². The predicted molar refractivity (Wildman–Crippen MR) is 94.6 cm³/mol. The number of hydrogen-bond acceptors (Lipinski definition) is 8. The molecule has 0 bridgehead atoms. The third-order valence-electron chi connectivity index (χ3n) is 5.03. The molecule has 27 heavy (non-hydrogen) atoms. The van der Waals surface area contributed by atoms with Crippen molar-refractivity contribution >= 4 is 23.0 Å². The lowest BCUT2D eigenvalue weighted by Crippen LogP contribution is -2.27. The second-order valence-corrected chi connectivity index (χ2v) is 6.74. The summed E-state index contributed by atoms with van der Waals surface area (Å²) in [6.45, 7) is 2.16. The van der Waals surface area contributed by atoms with Crippen molar-refractivity contribution in [1.29, 1.82) is 0 Å². The zero-order valence-electron chi connectivity index (χ0n) is 15.0. The highest BCUT2D eigenvalue weighted by molar-refractivity contribution is 5.95. The van der Waals surface area contributed by atoms with Crippen LogP contribution in [0.4, 0.5) is 17.1 Å². The van der Waals surface area contributed by atoms with Gasteiger partial charge in [-0.25, -0.2) is 0 Å². The number of carbonyl (C=O) groups is 1. The Morgan fingerprint density at radius 1 is 1.41 bits per heavy atom. The van der Waals surface area contributed by atoms with Crippen molar-refractivity contribution < 1.29 is 19.0 Å². The van der Waals surface area contributed by atoms with Gasteiger partial charge in [-0.15, -0.1) is 0 Å².